The van der Waals surface area contributed by atoms with Crippen molar-refractivity contribution in [1.82, 2.24) is 10.6 Å². The molecule has 1 saturated carbocycles. The molecule has 124 valence electrons. The van der Waals surface area contributed by atoms with E-state index < -0.39 is 24.0 Å². The molecule has 2 rings (SSSR count). The van der Waals surface area contributed by atoms with Gasteiger partial charge in [-0.05, 0) is 37.8 Å². The van der Waals surface area contributed by atoms with Crippen molar-refractivity contribution in [2.24, 2.45) is 0 Å². The Morgan fingerprint density at radius 1 is 1.13 bits per heavy atom. The maximum Gasteiger partial charge on any atom is 0.329 e. The number of carbonyl (C=O) groups excluding carboxylic acids is 2. The number of aliphatic carboxylic acids is 1. The highest BCUT2D eigenvalue weighted by Crippen LogP contribution is 2.29. The summed E-state index contributed by atoms with van der Waals surface area (Å²) in [4.78, 5) is 34.9. The Bertz CT molecular complexity index is 579. The quantitative estimate of drug-likeness (QED) is 0.622. The highest BCUT2D eigenvalue weighted by Gasteiger charge is 2.43. The number of carboxylic acids is 1. The van der Waals surface area contributed by atoms with Gasteiger partial charge < -0.3 is 20.8 Å². The minimum Gasteiger partial charge on any atom is -0.480 e. The van der Waals surface area contributed by atoms with Crippen LogP contribution < -0.4 is 10.6 Å². The number of hydrogen-bond donors (Lipinski definition) is 4. The first-order chi connectivity index (χ1) is 11.0. The van der Waals surface area contributed by atoms with Crippen molar-refractivity contribution in [1.29, 1.82) is 0 Å². The molecular formula is C16H20N2O5. The SMILES string of the molecule is O=C(CO)NC1(C(=O)O)CCC(NC(=O)c2ccccc2)CC1. The van der Waals surface area contributed by atoms with Gasteiger partial charge in [-0.15, -0.1) is 0 Å². The van der Waals surface area contributed by atoms with Crippen LogP contribution in [0.25, 0.3) is 0 Å². The Kier molecular flexibility index (Phi) is 5.33. The number of aliphatic hydroxyl groups excluding tert-OH is 1. The minimum absolute atomic E-state index is 0.138. The van der Waals surface area contributed by atoms with Crippen molar-refractivity contribution < 1.29 is 24.6 Å². The van der Waals surface area contributed by atoms with Crippen LogP contribution in [0.2, 0.25) is 0 Å². The first-order valence-corrected chi connectivity index (χ1v) is 7.48. The number of aliphatic hydroxyl groups is 1. The van der Waals surface area contributed by atoms with Crippen LogP contribution in [0.3, 0.4) is 0 Å². The Morgan fingerprint density at radius 2 is 1.74 bits per heavy atom. The van der Waals surface area contributed by atoms with E-state index in [1.54, 1.807) is 24.3 Å². The first kappa shape index (κ1) is 17.0. The van der Waals surface area contributed by atoms with Gasteiger partial charge in [0.15, 0.2) is 0 Å². The molecule has 2 amide bonds. The molecule has 0 atom stereocenters. The van der Waals surface area contributed by atoms with Crippen LogP contribution in [0.1, 0.15) is 36.0 Å². The second-order valence-electron chi connectivity index (χ2n) is 5.71. The van der Waals surface area contributed by atoms with E-state index in [4.69, 9.17) is 5.11 Å². The number of carbonyl (C=O) groups is 3. The smallest absolute Gasteiger partial charge is 0.329 e. The summed E-state index contributed by atoms with van der Waals surface area (Å²) in [6, 6.07) is 8.65. The molecule has 0 aromatic heterocycles. The predicted octanol–water partition coefficient (Wildman–Crippen LogP) is 0.291. The summed E-state index contributed by atoms with van der Waals surface area (Å²) >= 11 is 0. The Hall–Kier alpha value is -2.41. The largest absolute Gasteiger partial charge is 0.480 e. The van der Waals surface area contributed by atoms with E-state index >= 15 is 0 Å². The molecule has 1 aromatic carbocycles. The van der Waals surface area contributed by atoms with Gasteiger partial charge in [-0.1, -0.05) is 18.2 Å². The molecule has 7 nitrogen and oxygen atoms in total. The highest BCUT2D eigenvalue weighted by atomic mass is 16.4. The number of carboxylic acid groups (broad SMARTS) is 1. The average molecular weight is 320 g/mol. The molecule has 0 heterocycles. The maximum atomic E-state index is 12.1. The minimum atomic E-state index is -1.37. The summed E-state index contributed by atoms with van der Waals surface area (Å²) in [5.41, 5.74) is -0.815. The fourth-order valence-electron chi connectivity index (χ4n) is 2.81. The van der Waals surface area contributed by atoms with Crippen LogP contribution in [0, 0.1) is 0 Å². The van der Waals surface area contributed by atoms with Crippen LogP contribution in [0.15, 0.2) is 30.3 Å². The van der Waals surface area contributed by atoms with E-state index in [0.717, 1.165) is 0 Å². The molecule has 1 fully saturated rings. The van der Waals surface area contributed by atoms with Gasteiger partial charge in [0.25, 0.3) is 5.91 Å². The Balaban J connectivity index is 1.95. The zero-order chi connectivity index (χ0) is 16.9. The monoisotopic (exact) mass is 320 g/mol. The van der Waals surface area contributed by atoms with Crippen LogP contribution in [0.5, 0.6) is 0 Å². The Labute approximate surface area is 133 Å². The summed E-state index contributed by atoms with van der Waals surface area (Å²) in [5.74, 6) is -2.02. The molecule has 1 aliphatic carbocycles. The van der Waals surface area contributed by atoms with E-state index in [1.165, 1.54) is 0 Å². The van der Waals surface area contributed by atoms with E-state index in [1.807, 2.05) is 6.07 Å². The van der Waals surface area contributed by atoms with Crippen molar-refractivity contribution in [3.63, 3.8) is 0 Å². The second-order valence-corrected chi connectivity index (χ2v) is 5.71. The zero-order valence-electron chi connectivity index (χ0n) is 12.6. The van der Waals surface area contributed by atoms with Gasteiger partial charge in [-0.25, -0.2) is 4.79 Å². The van der Waals surface area contributed by atoms with E-state index in [-0.39, 0.29) is 24.8 Å². The van der Waals surface area contributed by atoms with Crippen molar-refractivity contribution in [3.05, 3.63) is 35.9 Å². The van der Waals surface area contributed by atoms with Crippen molar-refractivity contribution >= 4 is 17.8 Å². The van der Waals surface area contributed by atoms with Crippen molar-refractivity contribution in [3.8, 4) is 0 Å². The first-order valence-electron chi connectivity index (χ1n) is 7.48. The molecule has 0 saturated heterocycles. The van der Waals surface area contributed by atoms with Gasteiger partial charge >= 0.3 is 5.97 Å². The molecule has 0 radical (unpaired) electrons. The summed E-state index contributed by atoms with van der Waals surface area (Å²) in [7, 11) is 0. The topological polar surface area (TPSA) is 116 Å². The number of benzene rings is 1. The van der Waals surface area contributed by atoms with Gasteiger partial charge in [0.2, 0.25) is 5.91 Å². The van der Waals surface area contributed by atoms with E-state index in [0.29, 0.717) is 18.4 Å². The summed E-state index contributed by atoms with van der Waals surface area (Å²) in [6.07, 6.45) is 1.29. The molecule has 1 aliphatic rings. The lowest BCUT2D eigenvalue weighted by molar-refractivity contribution is -0.149. The molecule has 4 N–H and O–H groups in total. The summed E-state index contributed by atoms with van der Waals surface area (Å²) in [5, 5.41) is 23.5. The lowest BCUT2D eigenvalue weighted by atomic mass is 9.79. The number of nitrogens with one attached hydrogen (secondary N) is 2. The Morgan fingerprint density at radius 3 is 2.26 bits per heavy atom. The molecule has 1 aromatic rings. The molecule has 0 aliphatic heterocycles. The number of amides is 2. The third kappa shape index (κ3) is 4.07. The lowest BCUT2D eigenvalue weighted by Crippen LogP contribution is -2.58. The van der Waals surface area contributed by atoms with Crippen molar-refractivity contribution in [2.75, 3.05) is 6.61 Å². The third-order valence-corrected chi connectivity index (χ3v) is 4.14. The fourth-order valence-corrected chi connectivity index (χ4v) is 2.81. The molecule has 0 spiro atoms. The molecule has 23 heavy (non-hydrogen) atoms. The third-order valence-electron chi connectivity index (χ3n) is 4.14. The van der Waals surface area contributed by atoms with E-state index in [2.05, 4.69) is 10.6 Å². The maximum absolute atomic E-state index is 12.1. The van der Waals surface area contributed by atoms with Crippen LogP contribution in [-0.4, -0.2) is 46.2 Å². The fraction of sp³-hybridized carbons (Fsp3) is 0.438. The van der Waals surface area contributed by atoms with E-state index in [9.17, 15) is 19.5 Å². The van der Waals surface area contributed by atoms with Crippen LogP contribution in [-0.2, 0) is 9.59 Å². The normalized spacial score (nSPS) is 23.8. The standard InChI is InChI=1S/C16H20N2O5/c19-10-13(20)18-16(15(22)23)8-6-12(7-9-16)17-14(21)11-4-2-1-3-5-11/h1-5,12,19H,6-10H2,(H,17,21)(H,18,20)(H,22,23). The van der Waals surface area contributed by atoms with Crippen LogP contribution in [0.4, 0.5) is 0 Å². The highest BCUT2D eigenvalue weighted by molar-refractivity contribution is 5.94. The van der Waals surface area contributed by atoms with Gasteiger partial charge in [-0.3, -0.25) is 9.59 Å². The number of hydrogen-bond acceptors (Lipinski definition) is 4. The van der Waals surface area contributed by atoms with Gasteiger partial charge in [0.05, 0.1) is 0 Å². The van der Waals surface area contributed by atoms with Gasteiger partial charge in [0, 0.05) is 11.6 Å². The molecule has 0 bridgehead atoms. The van der Waals surface area contributed by atoms with Crippen LogP contribution >= 0.6 is 0 Å². The second kappa shape index (κ2) is 7.23. The summed E-state index contributed by atoms with van der Waals surface area (Å²) < 4.78 is 0. The average Bonchev–Trinajstić information content (AvgIpc) is 2.57. The molecule has 0 unspecified atom stereocenters. The molecule has 7 heteroatoms. The van der Waals surface area contributed by atoms with Gasteiger partial charge in [0.1, 0.15) is 12.1 Å². The summed E-state index contributed by atoms with van der Waals surface area (Å²) in [6.45, 7) is -0.747. The lowest BCUT2D eigenvalue weighted by Gasteiger charge is -2.37. The van der Waals surface area contributed by atoms with Gasteiger partial charge in [-0.2, -0.15) is 0 Å². The molecular weight excluding hydrogens is 300 g/mol. The zero-order valence-corrected chi connectivity index (χ0v) is 12.6. The number of rotatable bonds is 5. The predicted molar refractivity (Wildman–Crippen MR) is 81.8 cm³/mol. The van der Waals surface area contributed by atoms with Crippen molar-refractivity contribution in [2.45, 2.75) is 37.3 Å².